The molecular weight excluding hydrogens is 388 g/mol. The van der Waals surface area contributed by atoms with Crippen LogP contribution in [0.15, 0.2) is 48.5 Å². The van der Waals surface area contributed by atoms with Gasteiger partial charge in [-0.05, 0) is 55.5 Å². The number of hydrogen-bond acceptors (Lipinski definition) is 3. The molecule has 1 aliphatic heterocycles. The summed E-state index contributed by atoms with van der Waals surface area (Å²) < 4.78 is 6.10. The molecule has 0 bridgehead atoms. The Morgan fingerprint density at radius 2 is 1.81 bits per heavy atom. The van der Waals surface area contributed by atoms with Gasteiger partial charge in [0.2, 0.25) is 5.91 Å². The third-order valence-electron chi connectivity index (χ3n) is 5.61. The summed E-state index contributed by atoms with van der Waals surface area (Å²) in [5.41, 5.74) is 3.37. The lowest BCUT2D eigenvalue weighted by Crippen LogP contribution is -2.43. The van der Waals surface area contributed by atoms with Crippen LogP contribution in [-0.2, 0) is 16.0 Å². The van der Waals surface area contributed by atoms with Crippen molar-refractivity contribution in [3.05, 3.63) is 65.2 Å². The van der Waals surface area contributed by atoms with Crippen molar-refractivity contribution in [3.63, 3.8) is 0 Å². The van der Waals surface area contributed by atoms with Crippen LogP contribution in [0.4, 0.5) is 0 Å². The van der Waals surface area contributed by atoms with Gasteiger partial charge in [-0.2, -0.15) is 0 Å². The fourth-order valence-corrected chi connectivity index (χ4v) is 4.09. The minimum atomic E-state index is -0.549. The molecule has 5 heteroatoms. The Hall–Kier alpha value is -2.82. The Morgan fingerprint density at radius 3 is 2.42 bits per heavy atom. The monoisotopic (exact) mass is 422 g/mol. The summed E-state index contributed by atoms with van der Waals surface area (Å²) in [6.07, 6.45) is 0.839. The van der Waals surface area contributed by atoms with E-state index >= 15 is 0 Å². The highest BCUT2D eigenvalue weighted by molar-refractivity contribution is 5.81. The number of carbonyl (C=O) groups is 2. The number of hydrogen-bond donors (Lipinski definition) is 1. The molecule has 1 N–H and O–H groups in total. The molecule has 0 aliphatic carbocycles. The number of rotatable bonds is 7. The number of carbonyl (C=O) groups excluding carboxylic acids is 2. The van der Waals surface area contributed by atoms with Crippen LogP contribution >= 0.6 is 0 Å². The van der Waals surface area contributed by atoms with Crippen LogP contribution in [0.5, 0.6) is 5.75 Å². The van der Waals surface area contributed by atoms with Gasteiger partial charge < -0.3 is 15.0 Å². The minimum Gasteiger partial charge on any atom is -0.481 e. The van der Waals surface area contributed by atoms with E-state index in [1.807, 2.05) is 69.9 Å². The highest BCUT2D eigenvalue weighted by atomic mass is 16.5. The van der Waals surface area contributed by atoms with Gasteiger partial charge in [0.25, 0.3) is 5.91 Å². The average Bonchev–Trinajstić information content (AvgIpc) is 2.75. The van der Waals surface area contributed by atoms with Crippen molar-refractivity contribution >= 4 is 11.8 Å². The summed E-state index contributed by atoms with van der Waals surface area (Å²) in [6.45, 7) is 10.4. The molecule has 1 heterocycles. The zero-order chi connectivity index (χ0) is 22.5. The fraction of sp³-hybridized carbons (Fsp3) is 0.462. The molecule has 2 atom stereocenters. The molecule has 3 rings (SSSR count). The molecule has 2 aromatic rings. The molecular formula is C26H34N2O3. The molecule has 2 amide bonds. The number of benzene rings is 2. The van der Waals surface area contributed by atoms with Crippen LogP contribution in [0.1, 0.15) is 63.8 Å². The first-order valence-corrected chi connectivity index (χ1v) is 11.3. The Morgan fingerprint density at radius 1 is 1.10 bits per heavy atom. The predicted molar refractivity (Wildman–Crippen MR) is 123 cm³/mol. The van der Waals surface area contributed by atoms with Crippen molar-refractivity contribution in [2.24, 2.45) is 5.92 Å². The highest BCUT2D eigenvalue weighted by Crippen LogP contribution is 2.38. The van der Waals surface area contributed by atoms with Crippen molar-refractivity contribution in [2.45, 2.75) is 65.6 Å². The summed E-state index contributed by atoms with van der Waals surface area (Å²) >= 11 is 0. The fourth-order valence-electron chi connectivity index (χ4n) is 4.09. The van der Waals surface area contributed by atoms with Crippen LogP contribution in [-0.4, -0.2) is 35.4 Å². The minimum absolute atomic E-state index is 0.0618. The van der Waals surface area contributed by atoms with E-state index in [9.17, 15) is 9.59 Å². The SMILES string of the molecule is CC[C@@H](Oc1ccc2c(c1)[C@@H](c1ccccc1)N(C(=O)C(C)C)CC2)C(=O)NC(C)C. The van der Waals surface area contributed by atoms with E-state index in [1.165, 1.54) is 5.56 Å². The summed E-state index contributed by atoms with van der Waals surface area (Å²) in [7, 11) is 0. The lowest BCUT2D eigenvalue weighted by Gasteiger charge is -2.39. The van der Waals surface area contributed by atoms with Crippen LogP contribution < -0.4 is 10.1 Å². The molecule has 0 aromatic heterocycles. The predicted octanol–water partition coefficient (Wildman–Crippen LogP) is 4.50. The topological polar surface area (TPSA) is 58.6 Å². The van der Waals surface area contributed by atoms with E-state index < -0.39 is 6.10 Å². The third kappa shape index (κ3) is 5.27. The first-order chi connectivity index (χ1) is 14.8. The third-order valence-corrected chi connectivity index (χ3v) is 5.61. The van der Waals surface area contributed by atoms with Gasteiger partial charge in [-0.25, -0.2) is 0 Å². The molecule has 0 fully saturated rings. The van der Waals surface area contributed by atoms with E-state index in [-0.39, 0.29) is 29.8 Å². The summed E-state index contributed by atoms with van der Waals surface area (Å²) in [4.78, 5) is 27.5. The smallest absolute Gasteiger partial charge is 0.261 e. The molecule has 0 spiro atoms. The zero-order valence-corrected chi connectivity index (χ0v) is 19.2. The van der Waals surface area contributed by atoms with Gasteiger partial charge >= 0.3 is 0 Å². The Bertz CT molecular complexity index is 908. The maximum absolute atomic E-state index is 13.0. The van der Waals surface area contributed by atoms with Gasteiger partial charge in [0.05, 0.1) is 6.04 Å². The Labute approximate surface area is 185 Å². The second kappa shape index (κ2) is 9.99. The lowest BCUT2D eigenvalue weighted by molar-refractivity contribution is -0.136. The van der Waals surface area contributed by atoms with Crippen molar-refractivity contribution in [2.75, 3.05) is 6.54 Å². The maximum atomic E-state index is 13.0. The Kier molecular flexibility index (Phi) is 7.37. The van der Waals surface area contributed by atoms with Gasteiger partial charge in [0.1, 0.15) is 5.75 Å². The van der Waals surface area contributed by atoms with Gasteiger partial charge in [-0.3, -0.25) is 9.59 Å². The van der Waals surface area contributed by atoms with Gasteiger partial charge in [-0.15, -0.1) is 0 Å². The maximum Gasteiger partial charge on any atom is 0.261 e. The standard InChI is InChI=1S/C26H34N2O3/c1-6-23(25(29)27-18(4)5)31-21-13-12-19-14-15-28(26(30)17(2)3)24(22(19)16-21)20-10-8-7-9-11-20/h7-13,16-18,23-24H,6,14-15H2,1-5H3,(H,27,29)/t23-,24-/m1/s1. The van der Waals surface area contributed by atoms with Gasteiger partial charge in [0.15, 0.2) is 6.10 Å². The van der Waals surface area contributed by atoms with Crippen molar-refractivity contribution < 1.29 is 14.3 Å². The van der Waals surface area contributed by atoms with Gasteiger partial charge in [0, 0.05) is 18.5 Å². The van der Waals surface area contributed by atoms with Crippen LogP contribution in [0.25, 0.3) is 0 Å². The number of fused-ring (bicyclic) bond motifs is 1. The number of nitrogens with zero attached hydrogens (tertiary/aromatic N) is 1. The molecule has 5 nitrogen and oxygen atoms in total. The number of amides is 2. The second-order valence-electron chi connectivity index (χ2n) is 8.79. The van der Waals surface area contributed by atoms with Crippen molar-refractivity contribution in [1.29, 1.82) is 0 Å². The van der Waals surface area contributed by atoms with E-state index in [2.05, 4.69) is 23.5 Å². The van der Waals surface area contributed by atoms with Crippen LogP contribution in [0.2, 0.25) is 0 Å². The first-order valence-electron chi connectivity index (χ1n) is 11.3. The van der Waals surface area contributed by atoms with Crippen LogP contribution in [0, 0.1) is 5.92 Å². The molecule has 31 heavy (non-hydrogen) atoms. The molecule has 0 saturated carbocycles. The van der Waals surface area contributed by atoms with Gasteiger partial charge in [-0.1, -0.05) is 57.2 Å². The molecule has 0 unspecified atom stereocenters. The normalized spacial score (nSPS) is 16.7. The second-order valence-corrected chi connectivity index (χ2v) is 8.79. The molecule has 0 radical (unpaired) electrons. The summed E-state index contributed by atoms with van der Waals surface area (Å²) in [5.74, 6) is 0.626. The summed E-state index contributed by atoms with van der Waals surface area (Å²) in [5, 5.41) is 2.93. The first kappa shape index (κ1) is 22.9. The molecule has 166 valence electrons. The van der Waals surface area contributed by atoms with E-state index in [0.29, 0.717) is 18.7 Å². The number of ether oxygens (including phenoxy) is 1. The quantitative estimate of drug-likeness (QED) is 0.715. The highest BCUT2D eigenvalue weighted by Gasteiger charge is 2.33. The van der Waals surface area contributed by atoms with E-state index in [0.717, 1.165) is 17.5 Å². The summed E-state index contributed by atoms with van der Waals surface area (Å²) in [6, 6.07) is 16.1. The van der Waals surface area contributed by atoms with Crippen molar-refractivity contribution in [1.82, 2.24) is 10.2 Å². The molecule has 0 saturated heterocycles. The van der Waals surface area contributed by atoms with Crippen molar-refractivity contribution in [3.8, 4) is 5.75 Å². The number of nitrogens with one attached hydrogen (secondary N) is 1. The molecule has 2 aromatic carbocycles. The van der Waals surface area contributed by atoms with E-state index in [1.54, 1.807) is 0 Å². The average molecular weight is 423 g/mol. The zero-order valence-electron chi connectivity index (χ0n) is 19.2. The Balaban J connectivity index is 1.97. The lowest BCUT2D eigenvalue weighted by atomic mass is 9.87. The van der Waals surface area contributed by atoms with E-state index in [4.69, 9.17) is 4.74 Å². The molecule has 1 aliphatic rings. The van der Waals surface area contributed by atoms with Crippen LogP contribution in [0.3, 0.4) is 0 Å². The largest absolute Gasteiger partial charge is 0.481 e.